The lowest BCUT2D eigenvalue weighted by atomic mass is 10.2. The molecule has 0 radical (unpaired) electrons. The molecule has 0 atom stereocenters. The Morgan fingerprint density at radius 1 is 1.11 bits per heavy atom. The summed E-state index contributed by atoms with van der Waals surface area (Å²) >= 11 is 3.12. The topological polar surface area (TPSA) is 107 Å². The molecule has 1 heterocycles. The summed E-state index contributed by atoms with van der Waals surface area (Å²) in [5.41, 5.74) is 4.17. The van der Waals surface area contributed by atoms with Gasteiger partial charge in [-0.15, -0.1) is 0 Å². The molecule has 0 spiro atoms. The first-order valence-electron chi connectivity index (χ1n) is 7.62. The fourth-order valence-corrected chi connectivity index (χ4v) is 2.35. The van der Waals surface area contributed by atoms with Gasteiger partial charge in [-0.3, -0.25) is 15.5 Å². The van der Waals surface area contributed by atoms with Crippen LogP contribution in [0.15, 0.2) is 74.9 Å². The second-order valence-electron chi connectivity index (χ2n) is 5.24. The minimum atomic E-state index is -0.595. The molecule has 0 aliphatic rings. The van der Waals surface area contributed by atoms with E-state index >= 15 is 0 Å². The Balaban J connectivity index is 1.56. The summed E-state index contributed by atoms with van der Waals surface area (Å²) in [6.07, 6.45) is 1.57. The number of hydrogen-bond acceptors (Lipinski definition) is 7. The smallest absolute Gasteiger partial charge is 0.379 e. The lowest BCUT2D eigenvalue weighted by Gasteiger charge is -2.03. The molecule has 2 aromatic carbocycles. The summed E-state index contributed by atoms with van der Waals surface area (Å²) in [5.74, 6) is -0.130. The lowest BCUT2D eigenvalue weighted by Crippen LogP contribution is -2.07. The van der Waals surface area contributed by atoms with E-state index in [9.17, 15) is 14.9 Å². The van der Waals surface area contributed by atoms with Crippen LogP contribution < -0.4 is 10.2 Å². The van der Waals surface area contributed by atoms with Crippen molar-refractivity contribution in [3.05, 3.63) is 86.8 Å². The van der Waals surface area contributed by atoms with E-state index in [1.807, 2.05) is 0 Å². The van der Waals surface area contributed by atoms with Gasteiger partial charge < -0.3 is 9.15 Å². The second kappa shape index (κ2) is 8.28. The van der Waals surface area contributed by atoms with Crippen LogP contribution in [-0.2, 0) is 0 Å². The number of carbonyl (C=O) groups is 1. The van der Waals surface area contributed by atoms with E-state index in [1.165, 1.54) is 18.2 Å². The summed E-state index contributed by atoms with van der Waals surface area (Å²) in [6.45, 7) is 0. The lowest BCUT2D eigenvalue weighted by molar-refractivity contribution is -0.384. The van der Waals surface area contributed by atoms with Crippen molar-refractivity contribution in [2.24, 2.45) is 5.10 Å². The van der Waals surface area contributed by atoms with Gasteiger partial charge in [0.15, 0.2) is 4.67 Å². The largest absolute Gasteiger partial charge is 0.442 e. The fraction of sp³-hybridized carbons (Fsp3) is 0. The predicted octanol–water partition coefficient (Wildman–Crippen LogP) is 4.62. The van der Waals surface area contributed by atoms with E-state index < -0.39 is 10.9 Å². The summed E-state index contributed by atoms with van der Waals surface area (Å²) in [4.78, 5) is 22.0. The maximum atomic E-state index is 11.9. The summed E-state index contributed by atoms with van der Waals surface area (Å²) in [6, 6.07) is 15.7. The highest BCUT2D eigenvalue weighted by Gasteiger charge is 2.12. The molecular formula is C18H12BrN3O5. The van der Waals surface area contributed by atoms with E-state index in [2.05, 4.69) is 26.5 Å². The van der Waals surface area contributed by atoms with Crippen molar-refractivity contribution in [3.63, 3.8) is 0 Å². The molecule has 3 rings (SSSR count). The van der Waals surface area contributed by atoms with Crippen LogP contribution in [0, 0.1) is 10.1 Å². The number of furan rings is 1. The molecular weight excluding hydrogens is 418 g/mol. The van der Waals surface area contributed by atoms with Crippen molar-refractivity contribution in [2.75, 3.05) is 5.43 Å². The Morgan fingerprint density at radius 2 is 1.81 bits per heavy atom. The Labute approximate surface area is 161 Å². The van der Waals surface area contributed by atoms with Crippen LogP contribution in [0.2, 0.25) is 0 Å². The molecule has 1 N–H and O–H groups in total. The van der Waals surface area contributed by atoms with E-state index in [0.29, 0.717) is 16.1 Å². The first-order chi connectivity index (χ1) is 13.0. The van der Waals surface area contributed by atoms with Crippen LogP contribution in [-0.4, -0.2) is 17.1 Å². The van der Waals surface area contributed by atoms with Gasteiger partial charge in [0.05, 0.1) is 16.8 Å². The van der Waals surface area contributed by atoms with Gasteiger partial charge >= 0.3 is 5.97 Å². The number of carbonyl (C=O) groups excluding carboxylic acids is 1. The summed E-state index contributed by atoms with van der Waals surface area (Å²) < 4.78 is 10.8. The second-order valence-corrected chi connectivity index (χ2v) is 6.02. The molecule has 0 saturated heterocycles. The number of nitrogens with zero attached hydrogens (tertiary/aromatic N) is 2. The van der Waals surface area contributed by atoms with Crippen LogP contribution in [0.3, 0.4) is 0 Å². The van der Waals surface area contributed by atoms with Gasteiger partial charge in [-0.05, 0) is 70.0 Å². The Bertz CT molecular complexity index is 981. The van der Waals surface area contributed by atoms with Gasteiger partial charge in [0.25, 0.3) is 5.69 Å². The van der Waals surface area contributed by atoms with Gasteiger partial charge in [-0.25, -0.2) is 4.79 Å². The normalized spacial score (nSPS) is 10.7. The highest BCUT2D eigenvalue weighted by Crippen LogP contribution is 2.18. The van der Waals surface area contributed by atoms with E-state index in [0.717, 1.165) is 5.56 Å². The number of nitrogens with one attached hydrogen (secondary N) is 1. The number of halogens is 1. The van der Waals surface area contributed by atoms with Gasteiger partial charge in [0.1, 0.15) is 5.75 Å². The number of non-ortho nitro benzene ring substituents is 1. The Hall–Kier alpha value is -3.46. The molecule has 1 aromatic heterocycles. The van der Waals surface area contributed by atoms with Crippen molar-refractivity contribution in [1.29, 1.82) is 0 Å². The molecule has 0 fully saturated rings. The highest BCUT2D eigenvalue weighted by molar-refractivity contribution is 9.10. The molecule has 0 saturated carbocycles. The minimum absolute atomic E-state index is 0.0107. The number of benzene rings is 2. The molecule has 3 aromatic rings. The standard InChI is InChI=1S/C18H12BrN3O5/c19-17-10-9-16(27-17)18(23)26-15-7-1-12(2-8-15)11-20-21-13-3-5-14(6-4-13)22(24)25/h1-11,21H/b20-11-. The van der Waals surface area contributed by atoms with Crippen molar-refractivity contribution in [2.45, 2.75) is 0 Å². The van der Waals surface area contributed by atoms with E-state index in [4.69, 9.17) is 9.15 Å². The number of esters is 1. The predicted molar refractivity (Wildman–Crippen MR) is 102 cm³/mol. The molecule has 27 heavy (non-hydrogen) atoms. The van der Waals surface area contributed by atoms with Crippen molar-refractivity contribution >= 4 is 39.5 Å². The summed E-state index contributed by atoms with van der Waals surface area (Å²) in [7, 11) is 0. The molecule has 136 valence electrons. The highest BCUT2D eigenvalue weighted by atomic mass is 79.9. The van der Waals surface area contributed by atoms with Gasteiger partial charge in [0.2, 0.25) is 5.76 Å². The molecule has 8 nitrogen and oxygen atoms in total. The monoisotopic (exact) mass is 429 g/mol. The Morgan fingerprint density at radius 3 is 2.41 bits per heavy atom. The van der Waals surface area contributed by atoms with Crippen molar-refractivity contribution < 1.29 is 18.9 Å². The van der Waals surface area contributed by atoms with Gasteiger partial charge in [-0.2, -0.15) is 5.10 Å². The molecule has 0 amide bonds. The first kappa shape index (κ1) is 18.3. The van der Waals surface area contributed by atoms with E-state index in [1.54, 1.807) is 48.7 Å². The summed E-state index contributed by atoms with van der Waals surface area (Å²) in [5, 5.41) is 14.7. The van der Waals surface area contributed by atoms with Crippen LogP contribution in [0.25, 0.3) is 0 Å². The number of nitro benzene ring substituents is 1. The zero-order chi connectivity index (χ0) is 19.2. The zero-order valence-electron chi connectivity index (χ0n) is 13.7. The molecule has 0 unspecified atom stereocenters. The van der Waals surface area contributed by atoms with Crippen LogP contribution in [0.4, 0.5) is 11.4 Å². The number of ether oxygens (including phenoxy) is 1. The SMILES string of the molecule is O=C(Oc1ccc(/C=N\Nc2ccc([N+](=O)[O-])cc2)cc1)c1ccc(Br)o1. The average molecular weight is 430 g/mol. The number of hydrogen-bond donors (Lipinski definition) is 1. The minimum Gasteiger partial charge on any atom is -0.442 e. The molecule has 9 heteroatoms. The third kappa shape index (κ3) is 5.02. The fourth-order valence-electron chi connectivity index (χ4n) is 2.04. The van der Waals surface area contributed by atoms with Crippen LogP contribution in [0.5, 0.6) is 5.75 Å². The number of anilines is 1. The number of nitro groups is 1. The average Bonchev–Trinajstić information content (AvgIpc) is 3.10. The van der Waals surface area contributed by atoms with Crippen LogP contribution >= 0.6 is 15.9 Å². The van der Waals surface area contributed by atoms with Crippen LogP contribution in [0.1, 0.15) is 16.1 Å². The first-order valence-corrected chi connectivity index (χ1v) is 8.42. The quantitative estimate of drug-likeness (QED) is 0.201. The number of hydrazone groups is 1. The molecule has 0 bridgehead atoms. The molecule has 0 aliphatic carbocycles. The van der Waals surface area contributed by atoms with Gasteiger partial charge in [0, 0.05) is 12.1 Å². The van der Waals surface area contributed by atoms with Crippen molar-refractivity contribution in [3.8, 4) is 5.75 Å². The maximum absolute atomic E-state index is 11.9. The zero-order valence-corrected chi connectivity index (χ0v) is 15.3. The van der Waals surface area contributed by atoms with Crippen molar-refractivity contribution in [1.82, 2.24) is 0 Å². The number of rotatable bonds is 6. The maximum Gasteiger partial charge on any atom is 0.379 e. The molecule has 0 aliphatic heterocycles. The third-order valence-electron chi connectivity index (χ3n) is 3.35. The third-order valence-corrected chi connectivity index (χ3v) is 3.78. The van der Waals surface area contributed by atoms with E-state index in [-0.39, 0.29) is 11.4 Å². The van der Waals surface area contributed by atoms with Gasteiger partial charge in [-0.1, -0.05) is 0 Å². The Kier molecular flexibility index (Phi) is 5.62.